The molecule has 3 heteroatoms. The summed E-state index contributed by atoms with van der Waals surface area (Å²) in [5.41, 5.74) is 0. The van der Waals surface area contributed by atoms with E-state index in [0.29, 0.717) is 0 Å². The molecule has 0 aromatic heterocycles. The maximum absolute atomic E-state index is 2.83. The molecule has 0 saturated heterocycles. The molecule has 5 aliphatic carbocycles. The van der Waals surface area contributed by atoms with Crippen molar-refractivity contribution < 1.29 is 4.28 Å². The first-order valence-corrected chi connectivity index (χ1v) is 23.9. The van der Waals surface area contributed by atoms with Gasteiger partial charge >= 0.3 is 156 Å². The third-order valence-corrected chi connectivity index (χ3v) is 20.7. The molecule has 5 fully saturated rings. The van der Waals surface area contributed by atoms with Crippen LogP contribution in [0.5, 0.6) is 0 Å². The van der Waals surface area contributed by atoms with Crippen molar-refractivity contribution in [2.24, 2.45) is 5.92 Å². The number of hydrogen-bond donors (Lipinski definition) is 0. The second-order valence-corrected chi connectivity index (χ2v) is 22.1. The molecule has 0 radical (unpaired) electrons. The van der Waals surface area contributed by atoms with E-state index in [4.69, 9.17) is 0 Å². The van der Waals surface area contributed by atoms with Crippen LogP contribution >= 0.6 is 0 Å². The zero-order valence-electron chi connectivity index (χ0n) is 31.4. The Morgan fingerprint density at radius 2 is 0.902 bits per heavy atom. The van der Waals surface area contributed by atoms with Crippen molar-refractivity contribution in [2.75, 3.05) is 0 Å². The first-order chi connectivity index (χ1) is 20.2. The van der Waals surface area contributed by atoms with E-state index in [0.717, 1.165) is 21.1 Å². The van der Waals surface area contributed by atoms with Gasteiger partial charge in [0.25, 0.3) is 14.1 Å². The molecule has 0 amide bonds. The van der Waals surface area contributed by atoms with Gasteiger partial charge in [-0.15, -0.1) is 0 Å². The molecule has 0 bridgehead atoms. The molecule has 5 aliphatic rings. The van der Waals surface area contributed by atoms with Gasteiger partial charge in [-0.1, -0.05) is 111 Å². The predicted octanol–water partition coefficient (Wildman–Crippen LogP) is 13.8. The van der Waals surface area contributed by atoms with Gasteiger partial charge in [-0.05, 0) is 0 Å². The quantitative estimate of drug-likeness (QED) is 0.215. The van der Waals surface area contributed by atoms with Gasteiger partial charge in [0.2, 0.25) is 0 Å². The van der Waals surface area contributed by atoms with Gasteiger partial charge in [0.15, 0.2) is 0 Å². The molecule has 0 aromatic rings. The summed E-state index contributed by atoms with van der Waals surface area (Å²) in [5.74, 6) is 0.968. The van der Waals surface area contributed by atoms with E-state index in [-0.39, 0.29) is 4.28 Å². The molecule has 5 rings (SSSR count). The van der Waals surface area contributed by atoms with Crippen LogP contribution in [-0.2, 0) is 0 Å². The van der Waals surface area contributed by atoms with Crippen LogP contribution in [0.15, 0.2) is 0 Å². The zero-order valence-corrected chi connectivity index (χ0v) is 31.9. The van der Waals surface area contributed by atoms with Crippen LogP contribution in [0, 0.1) is 5.92 Å². The Kier molecular flexibility index (Phi) is 21.6. The van der Waals surface area contributed by atoms with E-state index >= 15 is 0 Å². The molecule has 0 nitrogen and oxygen atoms in total. The third kappa shape index (κ3) is 15.2. The standard InChI is InChI=1S/C8H17.5C6H11.3Al.3H/c1-4-6-7-8(3)5-2;5*1-2-4-6-5-3-1;;;;;;/h8H,3-7H2,1-2H3;5*1H,2-6H2;;;;;;/q;;;;;;;+1;+2;3*-1. The minimum absolute atomic E-state index is 0. The fourth-order valence-corrected chi connectivity index (χ4v) is 18.8. The number of hydrogen-bond acceptors (Lipinski definition) is 0. The topological polar surface area (TPSA) is 0 Å². The molecule has 0 N–H and O–H groups in total. The maximum atomic E-state index is 2.83. The van der Waals surface area contributed by atoms with Crippen molar-refractivity contribution >= 4 is 45.7 Å². The minimum atomic E-state index is -0.478. The molecule has 1 atom stereocenters. The summed E-state index contributed by atoms with van der Waals surface area (Å²) in [4.78, 5) is 0. The van der Waals surface area contributed by atoms with Crippen molar-refractivity contribution in [3.05, 3.63) is 0 Å². The van der Waals surface area contributed by atoms with E-state index in [1.807, 2.05) is 0 Å². The van der Waals surface area contributed by atoms with Gasteiger partial charge in [0.1, 0.15) is 0 Å². The largest absolute Gasteiger partial charge is 1.00 e. The molecule has 0 aliphatic heterocycles. The Bertz CT molecular complexity index is 531. The summed E-state index contributed by atoms with van der Waals surface area (Å²) >= 11 is 3.18. The van der Waals surface area contributed by atoms with Gasteiger partial charge in [-0.3, -0.25) is 0 Å². The second kappa shape index (κ2) is 23.9. The fourth-order valence-electron chi connectivity index (χ4n) is 9.73. The summed E-state index contributed by atoms with van der Waals surface area (Å²) in [5, 5.41) is 1.29. The van der Waals surface area contributed by atoms with Crippen LogP contribution < -0.4 is 0 Å². The minimum Gasteiger partial charge on any atom is -1.00 e. The summed E-state index contributed by atoms with van der Waals surface area (Å²) in [6.07, 6.45) is 45.1. The van der Waals surface area contributed by atoms with Crippen molar-refractivity contribution in [3.8, 4) is 0 Å². The third-order valence-electron chi connectivity index (χ3n) is 12.3. The average Bonchev–Trinajstić information content (AvgIpc) is 3.05. The average molecular weight is 613 g/mol. The first kappa shape index (κ1) is 37.1. The van der Waals surface area contributed by atoms with E-state index in [1.54, 1.807) is 148 Å². The Morgan fingerprint density at radius 1 is 0.561 bits per heavy atom. The van der Waals surface area contributed by atoms with Gasteiger partial charge in [0, 0.05) is 0 Å². The van der Waals surface area contributed by atoms with Gasteiger partial charge in [0.05, 0.1) is 0 Å². The Hall–Kier alpha value is 1.60. The summed E-state index contributed by atoms with van der Waals surface area (Å²) in [7, 11) is 0. The SMILES string of the molecule is C1CC[CH]([Al+][CH]2CCCCC2)CC1.C1CC[CH]([Al]([CH]2CCCCC2)[CH]2CCCCC2)CC1.CCCCC(CC)[CH2][Al+2].[H-].[H-].[H-]. The second-order valence-electron chi connectivity index (χ2n) is 15.4. The van der Waals surface area contributed by atoms with Crippen molar-refractivity contribution in [3.63, 3.8) is 0 Å². The summed E-state index contributed by atoms with van der Waals surface area (Å²) in [6.45, 7) is 4.54. The molecule has 0 heterocycles. The molecule has 5 saturated carbocycles. The smallest absolute Gasteiger partial charge is 1.00 e. The normalized spacial score (nSPS) is 24.8. The summed E-state index contributed by atoms with van der Waals surface area (Å²) in [6, 6.07) is 0. The van der Waals surface area contributed by atoms with Crippen molar-refractivity contribution in [1.29, 1.82) is 0 Å². The van der Waals surface area contributed by atoms with Crippen LogP contribution in [0.1, 0.15) is 204 Å². The van der Waals surface area contributed by atoms with Crippen LogP contribution in [0.4, 0.5) is 0 Å². The van der Waals surface area contributed by atoms with Crippen molar-refractivity contribution in [1.82, 2.24) is 0 Å². The van der Waals surface area contributed by atoms with E-state index in [2.05, 4.69) is 30.1 Å². The van der Waals surface area contributed by atoms with Crippen LogP contribution in [0.25, 0.3) is 0 Å². The summed E-state index contributed by atoms with van der Waals surface area (Å²) < 4.78 is 6.20. The maximum Gasteiger partial charge on any atom is -1.00 e. The van der Waals surface area contributed by atoms with Crippen LogP contribution in [0.3, 0.4) is 0 Å². The Morgan fingerprint density at radius 3 is 1.20 bits per heavy atom. The molecule has 236 valence electrons. The molecule has 41 heavy (non-hydrogen) atoms. The van der Waals surface area contributed by atoms with Crippen LogP contribution in [-0.4, -0.2) is 45.7 Å². The monoisotopic (exact) mass is 613 g/mol. The first-order valence-electron chi connectivity index (χ1n) is 19.8. The number of rotatable bonds is 10. The van der Waals surface area contributed by atoms with Gasteiger partial charge in [-0.25, -0.2) is 0 Å². The van der Waals surface area contributed by atoms with E-state index in [1.165, 1.54) is 67.7 Å². The molecule has 1 unspecified atom stereocenters. The molecule has 0 aromatic carbocycles. The van der Waals surface area contributed by atoms with E-state index in [9.17, 15) is 0 Å². The van der Waals surface area contributed by atoms with Gasteiger partial charge < -0.3 is 4.28 Å². The Labute approximate surface area is 283 Å². The molecular formula is C38H75Al3. The zero-order chi connectivity index (χ0) is 29.0. The molecular weight excluding hydrogens is 537 g/mol. The van der Waals surface area contributed by atoms with Gasteiger partial charge in [-0.2, -0.15) is 0 Å². The fraction of sp³-hybridized carbons (Fsp3) is 1.00. The Balaban J connectivity index is 0.000000654. The number of unbranched alkanes of at least 4 members (excludes halogenated alkanes) is 1. The van der Waals surface area contributed by atoms with E-state index < -0.39 is 14.1 Å². The van der Waals surface area contributed by atoms with Crippen LogP contribution in [0.2, 0.25) is 29.2 Å². The van der Waals surface area contributed by atoms with Crippen molar-refractivity contribution in [2.45, 2.75) is 229 Å². The predicted molar refractivity (Wildman–Crippen MR) is 193 cm³/mol. The molecule has 0 spiro atoms.